The van der Waals surface area contributed by atoms with Crippen molar-refractivity contribution in [2.24, 2.45) is 5.73 Å². The highest BCUT2D eigenvalue weighted by atomic mass is 16.6. The molecule has 0 saturated carbocycles. The van der Waals surface area contributed by atoms with E-state index < -0.39 is 29.6 Å². The van der Waals surface area contributed by atoms with Crippen LogP contribution < -0.4 is 26.7 Å². The Morgan fingerprint density at radius 3 is 2.54 bits per heavy atom. The van der Waals surface area contributed by atoms with Crippen LogP contribution in [0.4, 0.5) is 4.79 Å². The Morgan fingerprint density at radius 2 is 1.84 bits per heavy atom. The number of ether oxygens (including phenoxy) is 1. The van der Waals surface area contributed by atoms with E-state index in [2.05, 4.69) is 17.6 Å². The molecular formula is C26H36N4O7. The van der Waals surface area contributed by atoms with Crippen molar-refractivity contribution in [3.05, 3.63) is 40.2 Å². The Hall–Kier alpha value is -3.89. The number of nitrogens with one attached hydrogen (secondary N) is 2. The van der Waals surface area contributed by atoms with Crippen molar-refractivity contribution in [1.82, 2.24) is 15.5 Å². The number of hydrogen-bond acceptors (Lipinski definition) is 7. The lowest BCUT2D eigenvalue weighted by molar-refractivity contribution is -0.131. The highest BCUT2D eigenvalue weighted by Crippen LogP contribution is 2.22. The van der Waals surface area contributed by atoms with Gasteiger partial charge in [0.25, 0.3) is 0 Å². The quantitative estimate of drug-likeness (QED) is 0.256. The van der Waals surface area contributed by atoms with Crippen molar-refractivity contribution in [2.75, 3.05) is 20.1 Å². The number of likely N-dealkylation sites (N-methyl/N-ethyl adjacent to an activating group) is 1. The molecule has 0 fully saturated rings. The van der Waals surface area contributed by atoms with Crippen LogP contribution in [0.1, 0.15) is 57.4 Å². The number of aryl methyl sites for hydroxylation is 1. The molecule has 37 heavy (non-hydrogen) atoms. The van der Waals surface area contributed by atoms with Crippen molar-refractivity contribution in [2.45, 2.75) is 64.8 Å². The Balaban J connectivity index is 1.84. The number of amides is 4. The number of nitrogens with two attached hydrogens (primary N) is 1. The zero-order valence-corrected chi connectivity index (χ0v) is 21.6. The second-order valence-electron chi connectivity index (χ2n) is 8.94. The average molecular weight is 517 g/mol. The molecule has 0 radical (unpaired) electrons. The number of fused-ring (bicyclic) bond motifs is 1. The maximum atomic E-state index is 12.5. The van der Waals surface area contributed by atoms with Crippen LogP contribution in [0.5, 0.6) is 5.75 Å². The standard InChI is InChI=1S/C26H36N4O7/c1-4-5-6-7-8-9-23(32)29-20(16-22(27)31)25(34)28-12-13-30(3)26(35)36-18-10-11-19-17(2)14-24(33)37-21(19)15-18/h10-11,14-15,20H,4-9,12-13,16H2,1-3H3,(H2,27,31)(H,28,34)(H,29,32)/t20-/m1/s1. The fourth-order valence-electron chi connectivity index (χ4n) is 3.67. The van der Waals surface area contributed by atoms with E-state index in [9.17, 15) is 24.0 Å². The van der Waals surface area contributed by atoms with Gasteiger partial charge in [-0.1, -0.05) is 32.6 Å². The third kappa shape index (κ3) is 9.94. The van der Waals surface area contributed by atoms with Gasteiger partial charge in [-0.05, 0) is 31.0 Å². The van der Waals surface area contributed by atoms with Gasteiger partial charge in [-0.3, -0.25) is 14.4 Å². The van der Waals surface area contributed by atoms with Gasteiger partial charge >= 0.3 is 11.7 Å². The normalized spacial score (nSPS) is 11.5. The van der Waals surface area contributed by atoms with Crippen molar-refractivity contribution >= 4 is 34.8 Å². The van der Waals surface area contributed by atoms with Crippen molar-refractivity contribution in [3.63, 3.8) is 0 Å². The maximum Gasteiger partial charge on any atom is 0.415 e. The van der Waals surface area contributed by atoms with Gasteiger partial charge in [0.1, 0.15) is 17.4 Å². The van der Waals surface area contributed by atoms with Crippen LogP contribution in [0.25, 0.3) is 11.0 Å². The van der Waals surface area contributed by atoms with Crippen LogP contribution in [0, 0.1) is 6.92 Å². The SMILES string of the molecule is CCCCCCCC(=O)N[C@H](CC(N)=O)C(=O)NCCN(C)C(=O)Oc1ccc2c(C)cc(=O)oc2c1. The van der Waals surface area contributed by atoms with Gasteiger partial charge in [0.2, 0.25) is 17.7 Å². The van der Waals surface area contributed by atoms with Gasteiger partial charge in [0.15, 0.2) is 0 Å². The maximum absolute atomic E-state index is 12.5. The summed E-state index contributed by atoms with van der Waals surface area (Å²) in [6, 6.07) is 5.02. The summed E-state index contributed by atoms with van der Waals surface area (Å²) >= 11 is 0. The Morgan fingerprint density at radius 1 is 1.11 bits per heavy atom. The van der Waals surface area contributed by atoms with E-state index in [1.807, 2.05) is 0 Å². The van der Waals surface area contributed by atoms with Crippen LogP contribution in [0.2, 0.25) is 0 Å². The fraction of sp³-hybridized carbons (Fsp3) is 0.500. The monoisotopic (exact) mass is 516 g/mol. The number of hydrogen-bond donors (Lipinski definition) is 3. The van der Waals surface area contributed by atoms with E-state index in [-0.39, 0.29) is 37.6 Å². The average Bonchev–Trinajstić information content (AvgIpc) is 2.82. The van der Waals surface area contributed by atoms with Crippen molar-refractivity contribution in [1.29, 1.82) is 0 Å². The summed E-state index contributed by atoms with van der Waals surface area (Å²) < 4.78 is 10.5. The highest BCUT2D eigenvalue weighted by Gasteiger charge is 2.23. The van der Waals surface area contributed by atoms with E-state index in [0.717, 1.165) is 36.6 Å². The lowest BCUT2D eigenvalue weighted by Crippen LogP contribution is -2.50. The first kappa shape index (κ1) is 29.3. The minimum Gasteiger partial charge on any atom is -0.423 e. The summed E-state index contributed by atoms with van der Waals surface area (Å²) in [5, 5.41) is 5.90. The summed E-state index contributed by atoms with van der Waals surface area (Å²) in [6.07, 6.45) is 4.12. The van der Waals surface area contributed by atoms with Gasteiger partial charge in [0.05, 0.1) is 6.42 Å². The number of unbranched alkanes of at least 4 members (excludes halogenated alkanes) is 4. The zero-order chi connectivity index (χ0) is 27.4. The minimum atomic E-state index is -1.09. The van der Waals surface area contributed by atoms with Crippen LogP contribution in [-0.2, 0) is 14.4 Å². The molecule has 4 N–H and O–H groups in total. The third-order valence-corrected chi connectivity index (χ3v) is 5.75. The Bertz CT molecular complexity index is 1160. The number of nitrogens with zero attached hydrogens (tertiary/aromatic N) is 1. The molecule has 1 aromatic carbocycles. The predicted octanol–water partition coefficient (Wildman–Crippen LogP) is 2.37. The van der Waals surface area contributed by atoms with E-state index in [1.54, 1.807) is 19.1 Å². The molecule has 0 unspecified atom stereocenters. The summed E-state index contributed by atoms with van der Waals surface area (Å²) in [5.41, 5.74) is 5.78. The molecule has 4 amide bonds. The highest BCUT2D eigenvalue weighted by molar-refractivity contribution is 5.91. The van der Waals surface area contributed by atoms with Gasteiger partial charge in [-0.2, -0.15) is 0 Å². The molecule has 1 heterocycles. The minimum absolute atomic E-state index is 0.0539. The van der Waals surface area contributed by atoms with E-state index in [0.29, 0.717) is 12.0 Å². The fourth-order valence-corrected chi connectivity index (χ4v) is 3.67. The van der Waals surface area contributed by atoms with E-state index in [1.165, 1.54) is 24.1 Å². The molecule has 2 rings (SSSR count). The van der Waals surface area contributed by atoms with Crippen molar-refractivity contribution < 1.29 is 28.3 Å². The Kier molecular flexibility index (Phi) is 11.6. The molecule has 11 heteroatoms. The number of rotatable bonds is 14. The summed E-state index contributed by atoms with van der Waals surface area (Å²) in [6.45, 7) is 4.04. The predicted molar refractivity (Wildman–Crippen MR) is 138 cm³/mol. The van der Waals surface area contributed by atoms with Gasteiger partial charge in [0, 0.05) is 44.1 Å². The molecular weight excluding hydrogens is 480 g/mol. The molecule has 0 aliphatic heterocycles. The van der Waals surface area contributed by atoms with Gasteiger partial charge < -0.3 is 30.4 Å². The summed E-state index contributed by atoms with van der Waals surface area (Å²) in [4.78, 5) is 61.4. The first-order chi connectivity index (χ1) is 17.6. The molecule has 0 spiro atoms. The molecule has 0 saturated heterocycles. The first-order valence-electron chi connectivity index (χ1n) is 12.4. The summed E-state index contributed by atoms with van der Waals surface area (Å²) in [5.74, 6) is -1.41. The molecule has 0 bridgehead atoms. The Labute approximate surface area is 215 Å². The largest absolute Gasteiger partial charge is 0.423 e. The third-order valence-electron chi connectivity index (χ3n) is 5.75. The topological polar surface area (TPSA) is 161 Å². The van der Waals surface area contributed by atoms with Crippen LogP contribution in [-0.4, -0.2) is 54.9 Å². The number of primary amides is 1. The van der Waals surface area contributed by atoms with E-state index >= 15 is 0 Å². The lowest BCUT2D eigenvalue weighted by Gasteiger charge is -2.20. The van der Waals surface area contributed by atoms with E-state index in [4.69, 9.17) is 14.9 Å². The van der Waals surface area contributed by atoms with Crippen LogP contribution in [0.3, 0.4) is 0 Å². The molecule has 11 nitrogen and oxygen atoms in total. The molecule has 0 aliphatic rings. The summed E-state index contributed by atoms with van der Waals surface area (Å²) in [7, 11) is 1.49. The number of benzene rings is 1. The number of carbonyl (C=O) groups is 4. The molecule has 202 valence electrons. The first-order valence-corrected chi connectivity index (χ1v) is 12.4. The molecule has 1 aromatic heterocycles. The van der Waals surface area contributed by atoms with Crippen LogP contribution in [0.15, 0.2) is 33.5 Å². The smallest absolute Gasteiger partial charge is 0.415 e. The van der Waals surface area contributed by atoms with Crippen LogP contribution >= 0.6 is 0 Å². The second-order valence-corrected chi connectivity index (χ2v) is 8.94. The van der Waals surface area contributed by atoms with Gasteiger partial charge in [-0.15, -0.1) is 0 Å². The van der Waals surface area contributed by atoms with Crippen molar-refractivity contribution in [3.8, 4) is 5.75 Å². The van der Waals surface area contributed by atoms with Gasteiger partial charge in [-0.25, -0.2) is 9.59 Å². The second kappa shape index (κ2) is 14.6. The molecule has 0 aliphatic carbocycles. The lowest BCUT2D eigenvalue weighted by atomic mass is 10.1. The molecule has 2 aromatic rings. The molecule has 1 atom stereocenters. The zero-order valence-electron chi connectivity index (χ0n) is 21.6. The number of carbonyl (C=O) groups excluding carboxylic acids is 4.